The topological polar surface area (TPSA) is 3.24 Å². The van der Waals surface area contributed by atoms with Crippen molar-refractivity contribution in [2.45, 2.75) is 45.6 Å². The van der Waals surface area contributed by atoms with E-state index in [1.54, 1.807) is 0 Å². The van der Waals surface area contributed by atoms with Crippen molar-refractivity contribution in [3.63, 3.8) is 0 Å². The first-order valence-corrected chi connectivity index (χ1v) is 8.20. The summed E-state index contributed by atoms with van der Waals surface area (Å²) >= 11 is 0. The average molecular weight is 227 g/mol. The van der Waals surface area contributed by atoms with Crippen LogP contribution in [0.2, 0.25) is 19.1 Å². The molecule has 0 aromatic carbocycles. The number of halogens is 3. The van der Waals surface area contributed by atoms with Crippen LogP contribution < -0.4 is 0 Å². The summed E-state index contributed by atoms with van der Waals surface area (Å²) in [4.78, 5) is 0. The summed E-state index contributed by atoms with van der Waals surface area (Å²) in [7, 11) is -1.83. The lowest BCUT2D eigenvalue weighted by Crippen LogP contribution is -2.48. The highest BCUT2D eigenvalue weighted by atomic mass is 28.3. The molecule has 0 aromatic rings. The Morgan fingerprint density at radius 1 is 1.07 bits per heavy atom. The number of alkyl halides is 3. The molecule has 0 aliphatic heterocycles. The fourth-order valence-electron chi connectivity index (χ4n) is 1.69. The van der Waals surface area contributed by atoms with Gasteiger partial charge in [-0.1, -0.05) is 26.9 Å². The monoisotopic (exact) mass is 227 g/mol. The summed E-state index contributed by atoms with van der Waals surface area (Å²) in [6.07, 6.45) is -4.64. The van der Waals surface area contributed by atoms with Gasteiger partial charge in [-0.2, -0.15) is 13.2 Å². The molecule has 1 nitrogen and oxygen atoms in total. The highest BCUT2D eigenvalue weighted by Crippen LogP contribution is 2.27. The largest absolute Gasteiger partial charge is 0.388 e. The van der Waals surface area contributed by atoms with Gasteiger partial charge in [0, 0.05) is 6.42 Å². The second-order valence-electron chi connectivity index (χ2n) is 4.10. The van der Waals surface area contributed by atoms with Crippen molar-refractivity contribution in [3.8, 4) is 0 Å². The quantitative estimate of drug-likeness (QED) is 0.650. The lowest BCUT2D eigenvalue weighted by Gasteiger charge is -2.35. The molecular formula is C9H20F3NSi. The predicted molar refractivity (Wildman–Crippen MR) is 55.9 cm³/mol. The van der Waals surface area contributed by atoms with E-state index in [-0.39, 0.29) is 0 Å². The zero-order valence-corrected chi connectivity index (χ0v) is 10.4. The zero-order valence-electron chi connectivity index (χ0n) is 9.41. The highest BCUT2D eigenvalue weighted by molar-refractivity contribution is 6.74. The molecule has 0 aromatic heterocycles. The molecule has 0 unspecified atom stereocenters. The molecule has 0 radical (unpaired) electrons. The molecule has 14 heavy (non-hydrogen) atoms. The Balaban J connectivity index is 4.18. The minimum absolute atomic E-state index is 0.304. The standard InChI is InChI=1S/C9H20F3NSi/c1-5-13(6-2)14(3,4)8-7-9(10,11)12/h5-8H2,1-4H3. The maximum Gasteiger partial charge on any atom is 0.388 e. The highest BCUT2D eigenvalue weighted by Gasteiger charge is 2.34. The molecule has 0 atom stereocenters. The van der Waals surface area contributed by atoms with Crippen molar-refractivity contribution in [1.82, 2.24) is 4.57 Å². The minimum atomic E-state index is -4.00. The van der Waals surface area contributed by atoms with Crippen LogP contribution in [0.25, 0.3) is 0 Å². The van der Waals surface area contributed by atoms with E-state index in [4.69, 9.17) is 0 Å². The van der Waals surface area contributed by atoms with Crippen molar-refractivity contribution in [2.75, 3.05) is 13.1 Å². The van der Waals surface area contributed by atoms with Crippen molar-refractivity contribution >= 4 is 8.24 Å². The summed E-state index contributed by atoms with van der Waals surface area (Å²) in [5.41, 5.74) is 0. The molecule has 0 fully saturated rings. The second kappa shape index (κ2) is 5.16. The van der Waals surface area contributed by atoms with Crippen LogP contribution in [-0.2, 0) is 0 Å². The lowest BCUT2D eigenvalue weighted by atomic mass is 10.5. The van der Waals surface area contributed by atoms with Crippen molar-refractivity contribution in [2.24, 2.45) is 0 Å². The number of hydrogen-bond acceptors (Lipinski definition) is 1. The normalized spacial score (nSPS) is 13.7. The van der Waals surface area contributed by atoms with Gasteiger partial charge in [0.1, 0.15) is 8.24 Å². The van der Waals surface area contributed by atoms with Crippen LogP contribution in [0.15, 0.2) is 0 Å². The summed E-state index contributed by atoms with van der Waals surface area (Å²) in [5, 5.41) is 0. The van der Waals surface area contributed by atoms with Gasteiger partial charge in [-0.05, 0) is 19.1 Å². The van der Waals surface area contributed by atoms with Crippen LogP contribution in [-0.4, -0.2) is 32.1 Å². The third kappa shape index (κ3) is 5.00. The Hall–Kier alpha value is -0.0331. The van der Waals surface area contributed by atoms with Gasteiger partial charge in [0.2, 0.25) is 0 Å². The van der Waals surface area contributed by atoms with Crippen LogP contribution in [0.3, 0.4) is 0 Å². The Morgan fingerprint density at radius 3 is 1.79 bits per heavy atom. The first kappa shape index (κ1) is 14.0. The van der Waals surface area contributed by atoms with Crippen molar-refractivity contribution in [3.05, 3.63) is 0 Å². The summed E-state index contributed by atoms with van der Waals surface area (Å²) < 4.78 is 38.4. The van der Waals surface area contributed by atoms with E-state index >= 15 is 0 Å². The van der Waals surface area contributed by atoms with Crippen LogP contribution >= 0.6 is 0 Å². The van der Waals surface area contributed by atoms with Gasteiger partial charge in [0.05, 0.1) is 0 Å². The van der Waals surface area contributed by atoms with Gasteiger partial charge in [-0.3, -0.25) is 0 Å². The molecule has 0 amide bonds. The number of nitrogens with zero attached hydrogens (tertiary/aromatic N) is 1. The molecule has 0 aliphatic rings. The molecular weight excluding hydrogens is 207 g/mol. The van der Waals surface area contributed by atoms with Gasteiger partial charge >= 0.3 is 6.18 Å². The maximum absolute atomic E-state index is 12.1. The van der Waals surface area contributed by atoms with E-state index < -0.39 is 20.8 Å². The minimum Gasteiger partial charge on any atom is -0.324 e. The van der Waals surface area contributed by atoms with Crippen molar-refractivity contribution in [1.29, 1.82) is 0 Å². The molecule has 0 heterocycles. The molecule has 0 saturated heterocycles. The SMILES string of the molecule is CCN(CC)[Si](C)(C)CCC(F)(F)F. The van der Waals surface area contributed by atoms with E-state index in [1.165, 1.54) is 0 Å². The third-order valence-corrected chi connectivity index (χ3v) is 6.46. The molecule has 0 aliphatic carbocycles. The fraction of sp³-hybridized carbons (Fsp3) is 1.00. The van der Waals surface area contributed by atoms with Gasteiger partial charge in [-0.25, -0.2) is 0 Å². The Labute approximate surface area is 85.4 Å². The summed E-state index contributed by atoms with van der Waals surface area (Å²) in [6, 6.07) is 0.304. The maximum atomic E-state index is 12.1. The first-order chi connectivity index (χ1) is 6.23. The molecule has 0 rings (SSSR count). The Kier molecular flexibility index (Phi) is 5.15. The molecule has 0 spiro atoms. The second-order valence-corrected chi connectivity index (χ2v) is 8.86. The zero-order chi connectivity index (χ0) is 11.4. The van der Waals surface area contributed by atoms with E-state index in [9.17, 15) is 13.2 Å². The smallest absolute Gasteiger partial charge is 0.324 e. The van der Waals surface area contributed by atoms with Gasteiger partial charge in [0.25, 0.3) is 0 Å². The van der Waals surface area contributed by atoms with E-state index in [1.807, 2.05) is 26.9 Å². The van der Waals surface area contributed by atoms with Gasteiger partial charge in [0.15, 0.2) is 0 Å². The van der Waals surface area contributed by atoms with E-state index in [2.05, 4.69) is 4.57 Å². The fourth-order valence-corrected chi connectivity index (χ4v) is 4.61. The Bertz CT molecular complexity index is 164. The number of hydrogen-bond donors (Lipinski definition) is 0. The summed E-state index contributed by atoms with van der Waals surface area (Å²) in [6.45, 7) is 9.73. The number of rotatable bonds is 5. The average Bonchev–Trinajstić information content (AvgIpc) is 2.02. The predicted octanol–water partition coefficient (Wildman–Crippen LogP) is 3.49. The Morgan fingerprint density at radius 2 is 1.50 bits per heavy atom. The van der Waals surface area contributed by atoms with Crippen LogP contribution in [0.4, 0.5) is 13.2 Å². The van der Waals surface area contributed by atoms with E-state index in [0.29, 0.717) is 6.04 Å². The first-order valence-electron chi connectivity index (χ1n) is 5.04. The van der Waals surface area contributed by atoms with Gasteiger partial charge in [-0.15, -0.1) is 0 Å². The lowest BCUT2D eigenvalue weighted by molar-refractivity contribution is -0.131. The molecule has 0 bridgehead atoms. The van der Waals surface area contributed by atoms with E-state index in [0.717, 1.165) is 13.1 Å². The molecule has 0 N–H and O–H groups in total. The van der Waals surface area contributed by atoms with Crippen molar-refractivity contribution < 1.29 is 13.2 Å². The van der Waals surface area contributed by atoms with Crippen LogP contribution in [0.1, 0.15) is 20.3 Å². The molecule has 0 saturated carbocycles. The molecule has 86 valence electrons. The van der Waals surface area contributed by atoms with Gasteiger partial charge < -0.3 is 4.57 Å². The summed E-state index contributed by atoms with van der Waals surface area (Å²) in [5.74, 6) is 0. The third-order valence-electron chi connectivity index (χ3n) is 2.64. The molecule has 5 heteroatoms. The van der Waals surface area contributed by atoms with Crippen LogP contribution in [0.5, 0.6) is 0 Å². The van der Waals surface area contributed by atoms with Crippen LogP contribution in [0, 0.1) is 0 Å².